The van der Waals surface area contributed by atoms with Crippen LogP contribution in [-0.2, 0) is 4.74 Å². The summed E-state index contributed by atoms with van der Waals surface area (Å²) in [4.78, 5) is 17.9. The minimum Gasteiger partial charge on any atom is -0.384 e. The number of hydrogen-bond donors (Lipinski definition) is 0. The van der Waals surface area contributed by atoms with Gasteiger partial charge in [0.2, 0.25) is 0 Å². The summed E-state index contributed by atoms with van der Waals surface area (Å²) in [6.07, 6.45) is 4.07. The second-order valence-corrected chi connectivity index (χ2v) is 4.69. The first-order chi connectivity index (χ1) is 8.20. The van der Waals surface area contributed by atoms with Gasteiger partial charge in [-0.1, -0.05) is 11.6 Å². The van der Waals surface area contributed by atoms with Gasteiger partial charge in [-0.3, -0.25) is 9.78 Å². The predicted octanol–water partition coefficient (Wildman–Crippen LogP) is 1.84. The van der Waals surface area contributed by atoms with Gasteiger partial charge in [0, 0.05) is 38.5 Å². The summed E-state index contributed by atoms with van der Waals surface area (Å²) in [6.45, 7) is 2.23. The summed E-state index contributed by atoms with van der Waals surface area (Å²) in [5, 5.41) is 0.489. The van der Waals surface area contributed by atoms with E-state index >= 15 is 0 Å². The molecule has 2 heterocycles. The summed E-state index contributed by atoms with van der Waals surface area (Å²) in [5.74, 6) is 0.440. The van der Waals surface area contributed by atoms with E-state index in [0.717, 1.165) is 19.5 Å². The van der Waals surface area contributed by atoms with Crippen LogP contribution in [0.4, 0.5) is 0 Å². The molecule has 0 bridgehead atoms. The zero-order valence-electron chi connectivity index (χ0n) is 9.73. The number of carbonyl (C=O) groups excluding carboxylic acids is 1. The van der Waals surface area contributed by atoms with Crippen LogP contribution < -0.4 is 0 Å². The Balaban J connectivity index is 2.02. The Morgan fingerprint density at radius 3 is 3.18 bits per heavy atom. The summed E-state index contributed by atoms with van der Waals surface area (Å²) in [5.41, 5.74) is 0.551. The summed E-state index contributed by atoms with van der Waals surface area (Å²) in [6, 6.07) is 1.65. The summed E-state index contributed by atoms with van der Waals surface area (Å²) >= 11 is 5.82. The van der Waals surface area contributed by atoms with Crippen LogP contribution in [0.2, 0.25) is 5.02 Å². The van der Waals surface area contributed by atoms with Gasteiger partial charge in [0.25, 0.3) is 5.91 Å². The molecule has 1 aromatic heterocycles. The van der Waals surface area contributed by atoms with E-state index in [1.807, 2.05) is 4.90 Å². The van der Waals surface area contributed by atoms with Crippen molar-refractivity contribution in [3.8, 4) is 0 Å². The van der Waals surface area contributed by atoms with E-state index in [1.165, 1.54) is 6.20 Å². The van der Waals surface area contributed by atoms with Gasteiger partial charge in [-0.25, -0.2) is 0 Å². The number of rotatable bonds is 3. The highest BCUT2D eigenvalue weighted by Gasteiger charge is 2.26. The fourth-order valence-corrected chi connectivity index (χ4v) is 2.27. The minimum absolute atomic E-state index is 0.00129. The third-order valence-corrected chi connectivity index (χ3v) is 3.13. The second-order valence-electron chi connectivity index (χ2n) is 4.25. The van der Waals surface area contributed by atoms with Crippen molar-refractivity contribution >= 4 is 17.5 Å². The van der Waals surface area contributed by atoms with Gasteiger partial charge in [-0.2, -0.15) is 0 Å². The largest absolute Gasteiger partial charge is 0.384 e. The molecule has 1 atom stereocenters. The fraction of sp³-hybridized carbons (Fsp3) is 0.500. The number of ether oxygens (including phenoxy) is 1. The highest BCUT2D eigenvalue weighted by atomic mass is 35.5. The molecule has 0 N–H and O–H groups in total. The quantitative estimate of drug-likeness (QED) is 0.827. The molecule has 1 aromatic rings. The molecule has 1 fully saturated rings. The molecule has 5 heteroatoms. The highest BCUT2D eigenvalue weighted by molar-refractivity contribution is 6.30. The van der Waals surface area contributed by atoms with Crippen LogP contribution in [0.25, 0.3) is 0 Å². The summed E-state index contributed by atoms with van der Waals surface area (Å²) < 4.78 is 5.11. The number of pyridine rings is 1. The van der Waals surface area contributed by atoms with Gasteiger partial charge in [0.15, 0.2) is 0 Å². The molecule has 4 nitrogen and oxygen atoms in total. The molecule has 2 rings (SSSR count). The van der Waals surface area contributed by atoms with E-state index in [4.69, 9.17) is 16.3 Å². The molecule has 1 amide bonds. The standard InChI is InChI=1S/C12H15ClN2O2/c1-17-8-9-2-3-15(7-9)12(16)10-4-11(13)6-14-5-10/h4-6,9H,2-3,7-8H2,1H3. The number of likely N-dealkylation sites (tertiary alicyclic amines) is 1. The molecule has 1 saturated heterocycles. The second kappa shape index (κ2) is 5.47. The fourth-order valence-electron chi connectivity index (χ4n) is 2.10. The Labute approximate surface area is 106 Å². The number of carbonyl (C=O) groups is 1. The van der Waals surface area contributed by atoms with Crippen molar-refractivity contribution in [1.82, 2.24) is 9.88 Å². The lowest BCUT2D eigenvalue weighted by atomic mass is 10.1. The van der Waals surface area contributed by atoms with Gasteiger partial charge < -0.3 is 9.64 Å². The molecule has 17 heavy (non-hydrogen) atoms. The van der Waals surface area contributed by atoms with Gasteiger partial charge in [0.1, 0.15) is 0 Å². The number of methoxy groups -OCH3 is 1. The number of amides is 1. The zero-order valence-corrected chi connectivity index (χ0v) is 10.5. The third kappa shape index (κ3) is 2.96. The number of nitrogens with zero attached hydrogens (tertiary/aromatic N) is 2. The van der Waals surface area contributed by atoms with Crippen LogP contribution in [0.1, 0.15) is 16.8 Å². The average molecular weight is 255 g/mol. The SMILES string of the molecule is COCC1CCN(C(=O)c2cncc(Cl)c2)C1. The number of hydrogen-bond acceptors (Lipinski definition) is 3. The van der Waals surface area contributed by atoms with E-state index in [9.17, 15) is 4.79 Å². The van der Waals surface area contributed by atoms with E-state index in [0.29, 0.717) is 23.1 Å². The van der Waals surface area contributed by atoms with Crippen molar-refractivity contribution < 1.29 is 9.53 Å². The Hall–Kier alpha value is -1.13. The van der Waals surface area contributed by atoms with Gasteiger partial charge in [-0.15, -0.1) is 0 Å². The molecular formula is C12H15ClN2O2. The molecule has 1 aliphatic rings. The Kier molecular flexibility index (Phi) is 3.97. The van der Waals surface area contributed by atoms with Gasteiger partial charge >= 0.3 is 0 Å². The smallest absolute Gasteiger partial charge is 0.255 e. The van der Waals surface area contributed by atoms with Crippen LogP contribution in [0.3, 0.4) is 0 Å². The maximum absolute atomic E-state index is 12.1. The average Bonchev–Trinajstić information content (AvgIpc) is 2.77. The van der Waals surface area contributed by atoms with Crippen molar-refractivity contribution in [2.24, 2.45) is 5.92 Å². The predicted molar refractivity (Wildman–Crippen MR) is 65.1 cm³/mol. The third-order valence-electron chi connectivity index (χ3n) is 2.93. The van der Waals surface area contributed by atoms with Crippen LogP contribution in [0.15, 0.2) is 18.5 Å². The monoisotopic (exact) mass is 254 g/mol. The van der Waals surface area contributed by atoms with Crippen LogP contribution >= 0.6 is 11.6 Å². The molecule has 1 aliphatic heterocycles. The van der Waals surface area contributed by atoms with E-state index in [1.54, 1.807) is 19.4 Å². The van der Waals surface area contributed by atoms with Gasteiger partial charge in [-0.05, 0) is 12.5 Å². The van der Waals surface area contributed by atoms with Crippen molar-refractivity contribution in [3.63, 3.8) is 0 Å². The van der Waals surface area contributed by atoms with Gasteiger partial charge in [0.05, 0.1) is 17.2 Å². The number of aromatic nitrogens is 1. The molecule has 0 radical (unpaired) electrons. The first-order valence-electron chi connectivity index (χ1n) is 5.59. The number of halogens is 1. The Bertz CT molecular complexity index is 411. The first-order valence-corrected chi connectivity index (χ1v) is 5.97. The Morgan fingerprint density at radius 1 is 1.65 bits per heavy atom. The first kappa shape index (κ1) is 12.3. The molecule has 0 aromatic carbocycles. The molecule has 1 unspecified atom stereocenters. The van der Waals surface area contributed by atoms with Crippen molar-refractivity contribution in [3.05, 3.63) is 29.0 Å². The molecule has 0 spiro atoms. The maximum atomic E-state index is 12.1. The molecule has 92 valence electrons. The highest BCUT2D eigenvalue weighted by Crippen LogP contribution is 2.19. The maximum Gasteiger partial charge on any atom is 0.255 e. The van der Waals surface area contributed by atoms with Crippen LogP contribution in [-0.4, -0.2) is 42.6 Å². The lowest BCUT2D eigenvalue weighted by Gasteiger charge is -2.16. The van der Waals surface area contributed by atoms with Crippen molar-refractivity contribution in [2.45, 2.75) is 6.42 Å². The zero-order chi connectivity index (χ0) is 12.3. The summed E-state index contributed by atoms with van der Waals surface area (Å²) in [7, 11) is 1.69. The molecule has 0 saturated carbocycles. The van der Waals surface area contributed by atoms with E-state index < -0.39 is 0 Å². The molecule has 0 aliphatic carbocycles. The lowest BCUT2D eigenvalue weighted by Crippen LogP contribution is -2.29. The van der Waals surface area contributed by atoms with Crippen molar-refractivity contribution in [1.29, 1.82) is 0 Å². The van der Waals surface area contributed by atoms with Crippen LogP contribution in [0.5, 0.6) is 0 Å². The normalized spacial score (nSPS) is 19.6. The Morgan fingerprint density at radius 2 is 2.47 bits per heavy atom. The van der Waals surface area contributed by atoms with E-state index in [2.05, 4.69) is 4.98 Å². The lowest BCUT2D eigenvalue weighted by molar-refractivity contribution is 0.0775. The van der Waals surface area contributed by atoms with Crippen LogP contribution in [0, 0.1) is 5.92 Å². The topological polar surface area (TPSA) is 42.4 Å². The van der Waals surface area contributed by atoms with E-state index in [-0.39, 0.29) is 5.91 Å². The minimum atomic E-state index is -0.00129. The van der Waals surface area contributed by atoms with Crippen molar-refractivity contribution in [2.75, 3.05) is 26.8 Å². The molecular weight excluding hydrogens is 240 g/mol.